The number of nitrogens with one attached hydrogen (secondary N) is 1. The van der Waals surface area contributed by atoms with Gasteiger partial charge in [-0.3, -0.25) is 4.79 Å². The third-order valence-corrected chi connectivity index (χ3v) is 3.93. The largest absolute Gasteiger partial charge is 0.480 e. The molecule has 0 fully saturated rings. The van der Waals surface area contributed by atoms with Crippen LogP contribution in [0.1, 0.15) is 13.3 Å². The van der Waals surface area contributed by atoms with Gasteiger partial charge in [-0.05, 0) is 18.6 Å². The highest BCUT2D eigenvalue weighted by Crippen LogP contribution is 2.18. The maximum atomic E-state index is 11.8. The molecule has 0 amide bonds. The molecule has 0 aliphatic heterocycles. The number of carboxylic acid groups (broad SMARTS) is 1. The van der Waals surface area contributed by atoms with Crippen molar-refractivity contribution >= 4 is 27.6 Å². The van der Waals surface area contributed by atoms with Gasteiger partial charge < -0.3 is 5.11 Å². The van der Waals surface area contributed by atoms with E-state index in [4.69, 9.17) is 16.7 Å². The molecule has 0 aliphatic rings. The Labute approximate surface area is 104 Å². The molecule has 1 heterocycles. The second-order valence-electron chi connectivity index (χ2n) is 3.21. The summed E-state index contributed by atoms with van der Waals surface area (Å²) in [4.78, 5) is 14.1. The van der Waals surface area contributed by atoms with Crippen LogP contribution in [0.2, 0.25) is 5.15 Å². The number of aliphatic carboxylic acids is 1. The Bertz CT molecular complexity index is 517. The Morgan fingerprint density at radius 1 is 1.65 bits per heavy atom. The summed E-state index contributed by atoms with van der Waals surface area (Å²) >= 11 is 5.64. The summed E-state index contributed by atoms with van der Waals surface area (Å²) in [6.07, 6.45) is 1.47. The molecular formula is C9H11ClN2O4S. The van der Waals surface area contributed by atoms with Gasteiger partial charge in [0.15, 0.2) is 0 Å². The molecule has 1 aromatic rings. The van der Waals surface area contributed by atoms with Gasteiger partial charge in [0.2, 0.25) is 10.0 Å². The summed E-state index contributed by atoms with van der Waals surface area (Å²) in [7, 11) is -3.97. The first-order valence-corrected chi connectivity index (χ1v) is 6.60. The Kier molecular flexibility index (Phi) is 4.44. The van der Waals surface area contributed by atoms with E-state index in [1.807, 2.05) is 4.72 Å². The lowest BCUT2D eigenvalue weighted by atomic mass is 10.2. The number of carboxylic acids is 1. The molecule has 94 valence electrons. The molecule has 0 saturated carbocycles. The molecule has 0 aliphatic carbocycles. The van der Waals surface area contributed by atoms with Crippen molar-refractivity contribution in [3.8, 4) is 0 Å². The maximum Gasteiger partial charge on any atom is 0.321 e. The third-order valence-electron chi connectivity index (χ3n) is 2.02. The van der Waals surface area contributed by atoms with Crippen molar-refractivity contribution < 1.29 is 18.3 Å². The van der Waals surface area contributed by atoms with E-state index in [2.05, 4.69) is 4.98 Å². The monoisotopic (exact) mass is 278 g/mol. The van der Waals surface area contributed by atoms with Gasteiger partial charge in [-0.15, -0.1) is 0 Å². The Hall–Kier alpha value is -1.18. The minimum Gasteiger partial charge on any atom is -0.480 e. The van der Waals surface area contributed by atoms with Gasteiger partial charge in [0.25, 0.3) is 0 Å². The standard InChI is InChI=1S/C9H11ClN2O4S/c1-2-6(9(13)14)12-17(15,16)7-4-3-5-11-8(7)10/h3-6,12H,2H2,1H3,(H,13,14)/t6-/m1/s1. The molecule has 1 rings (SSSR count). The molecule has 0 aromatic carbocycles. The fourth-order valence-corrected chi connectivity index (χ4v) is 2.86. The predicted octanol–water partition coefficient (Wildman–Crippen LogP) is 0.877. The first-order valence-electron chi connectivity index (χ1n) is 4.74. The number of pyridine rings is 1. The van der Waals surface area contributed by atoms with Crippen LogP contribution in [-0.4, -0.2) is 30.5 Å². The fourth-order valence-electron chi connectivity index (χ4n) is 1.13. The molecule has 0 spiro atoms. The van der Waals surface area contributed by atoms with Gasteiger partial charge in [0.1, 0.15) is 16.1 Å². The summed E-state index contributed by atoms with van der Waals surface area (Å²) in [5.41, 5.74) is 0. The highest BCUT2D eigenvalue weighted by molar-refractivity contribution is 7.89. The lowest BCUT2D eigenvalue weighted by Crippen LogP contribution is -2.40. The second-order valence-corrected chi connectivity index (χ2v) is 5.25. The lowest BCUT2D eigenvalue weighted by molar-refractivity contribution is -0.139. The Balaban J connectivity index is 3.05. The van der Waals surface area contributed by atoms with Crippen molar-refractivity contribution in [1.82, 2.24) is 9.71 Å². The molecule has 8 heteroatoms. The van der Waals surface area contributed by atoms with Crippen LogP contribution in [0, 0.1) is 0 Å². The van der Waals surface area contributed by atoms with Crippen LogP contribution in [0.5, 0.6) is 0 Å². The minimum absolute atomic E-state index is 0.131. The summed E-state index contributed by atoms with van der Waals surface area (Å²) in [6, 6.07) is 1.48. The van der Waals surface area contributed by atoms with Crippen LogP contribution < -0.4 is 4.72 Å². The van der Waals surface area contributed by atoms with Crippen LogP contribution in [0.15, 0.2) is 23.2 Å². The van der Waals surface area contributed by atoms with Gasteiger partial charge in [-0.1, -0.05) is 18.5 Å². The van der Waals surface area contributed by atoms with E-state index in [9.17, 15) is 13.2 Å². The SMILES string of the molecule is CC[C@@H](NS(=O)(=O)c1cccnc1Cl)C(=O)O. The number of aromatic nitrogens is 1. The molecule has 1 aromatic heterocycles. The summed E-state index contributed by atoms with van der Waals surface area (Å²) in [5, 5.41) is 8.58. The Morgan fingerprint density at radius 3 is 2.76 bits per heavy atom. The molecule has 0 unspecified atom stereocenters. The molecule has 6 nitrogen and oxygen atoms in total. The van der Waals surface area contributed by atoms with Crippen molar-refractivity contribution in [3.63, 3.8) is 0 Å². The summed E-state index contributed by atoms with van der Waals surface area (Å²) in [6.45, 7) is 1.56. The van der Waals surface area contributed by atoms with Crippen molar-refractivity contribution in [1.29, 1.82) is 0 Å². The second kappa shape index (κ2) is 5.44. The van der Waals surface area contributed by atoms with Crippen molar-refractivity contribution in [3.05, 3.63) is 23.5 Å². The number of halogens is 1. The van der Waals surface area contributed by atoms with Gasteiger partial charge in [-0.2, -0.15) is 4.72 Å². The van der Waals surface area contributed by atoms with Crippen LogP contribution in [-0.2, 0) is 14.8 Å². The lowest BCUT2D eigenvalue weighted by Gasteiger charge is -2.12. The molecule has 0 saturated heterocycles. The summed E-state index contributed by atoms with van der Waals surface area (Å²) in [5.74, 6) is -1.24. The highest BCUT2D eigenvalue weighted by Gasteiger charge is 2.25. The van der Waals surface area contributed by atoms with Crippen molar-refractivity contribution in [2.24, 2.45) is 0 Å². The van der Waals surface area contributed by atoms with Crippen LogP contribution in [0.4, 0.5) is 0 Å². The molecular weight excluding hydrogens is 268 g/mol. The first kappa shape index (κ1) is 13.9. The highest BCUT2D eigenvalue weighted by atomic mass is 35.5. The van der Waals surface area contributed by atoms with Gasteiger partial charge in [0, 0.05) is 6.20 Å². The van der Waals surface area contributed by atoms with Gasteiger partial charge in [-0.25, -0.2) is 13.4 Å². The molecule has 0 bridgehead atoms. The first-order chi connectivity index (χ1) is 7.88. The zero-order valence-electron chi connectivity index (χ0n) is 8.92. The zero-order chi connectivity index (χ0) is 13.1. The Morgan fingerprint density at radius 2 is 2.29 bits per heavy atom. The van der Waals surface area contributed by atoms with E-state index >= 15 is 0 Å². The van der Waals surface area contributed by atoms with E-state index in [0.29, 0.717) is 0 Å². The number of rotatable bonds is 5. The zero-order valence-corrected chi connectivity index (χ0v) is 10.5. The van der Waals surface area contributed by atoms with Crippen molar-refractivity contribution in [2.45, 2.75) is 24.3 Å². The van der Waals surface area contributed by atoms with E-state index in [1.54, 1.807) is 6.92 Å². The smallest absolute Gasteiger partial charge is 0.321 e. The van der Waals surface area contributed by atoms with Crippen LogP contribution >= 0.6 is 11.6 Å². The number of hydrogen-bond donors (Lipinski definition) is 2. The molecule has 2 N–H and O–H groups in total. The van der Waals surface area contributed by atoms with Gasteiger partial charge >= 0.3 is 5.97 Å². The minimum atomic E-state index is -3.97. The van der Waals surface area contributed by atoms with Crippen LogP contribution in [0.25, 0.3) is 0 Å². The average molecular weight is 279 g/mol. The fraction of sp³-hybridized carbons (Fsp3) is 0.333. The van der Waals surface area contributed by atoms with E-state index in [1.165, 1.54) is 18.3 Å². The topological polar surface area (TPSA) is 96.4 Å². The van der Waals surface area contributed by atoms with Crippen molar-refractivity contribution in [2.75, 3.05) is 0 Å². The molecule has 17 heavy (non-hydrogen) atoms. The molecule has 0 radical (unpaired) electrons. The molecule has 1 atom stereocenters. The predicted molar refractivity (Wildman–Crippen MR) is 61.3 cm³/mol. The van der Waals surface area contributed by atoms with E-state index < -0.39 is 22.0 Å². The third kappa shape index (κ3) is 3.39. The quantitative estimate of drug-likeness (QED) is 0.779. The number of sulfonamides is 1. The van der Waals surface area contributed by atoms with E-state index in [0.717, 1.165) is 0 Å². The normalized spacial score (nSPS) is 13.3. The van der Waals surface area contributed by atoms with Gasteiger partial charge in [0.05, 0.1) is 0 Å². The number of carbonyl (C=O) groups is 1. The number of nitrogens with zero attached hydrogens (tertiary/aromatic N) is 1. The average Bonchev–Trinajstić information content (AvgIpc) is 2.26. The summed E-state index contributed by atoms with van der Waals surface area (Å²) < 4.78 is 25.7. The maximum absolute atomic E-state index is 11.8. The van der Waals surface area contributed by atoms with E-state index in [-0.39, 0.29) is 16.5 Å². The van der Waals surface area contributed by atoms with Crippen LogP contribution in [0.3, 0.4) is 0 Å². The number of hydrogen-bond acceptors (Lipinski definition) is 4.